The lowest BCUT2D eigenvalue weighted by atomic mass is 9.90. The molecule has 1 heterocycles. The minimum atomic E-state index is -0.868. The van der Waals surface area contributed by atoms with Crippen LogP contribution in [0.3, 0.4) is 0 Å². The van der Waals surface area contributed by atoms with Gasteiger partial charge in [-0.1, -0.05) is 11.6 Å². The lowest BCUT2D eigenvalue weighted by molar-refractivity contribution is -0.147. The molecule has 1 amide bonds. The number of fused-ring (bicyclic) bond motifs is 1. The highest BCUT2D eigenvalue weighted by Crippen LogP contribution is 2.24. The molecule has 1 aliphatic rings. The maximum atomic E-state index is 12.2. The zero-order chi connectivity index (χ0) is 15.5. The number of aliphatic carboxylic acids is 1. The van der Waals surface area contributed by atoms with Crippen molar-refractivity contribution < 1.29 is 19.2 Å². The van der Waals surface area contributed by atoms with E-state index < -0.39 is 11.4 Å². The van der Waals surface area contributed by atoms with Gasteiger partial charge in [0.1, 0.15) is 5.76 Å². The Bertz CT molecular complexity index is 534. The average molecular weight is 294 g/mol. The van der Waals surface area contributed by atoms with Gasteiger partial charge in [-0.25, -0.2) is 0 Å². The summed E-state index contributed by atoms with van der Waals surface area (Å²) in [5.74, 6) is -0.321. The van der Waals surface area contributed by atoms with Gasteiger partial charge >= 0.3 is 5.97 Å². The van der Waals surface area contributed by atoms with Crippen LogP contribution >= 0.6 is 0 Å². The fraction of sp³-hybridized carbons (Fsp3) is 0.667. The number of carboxylic acids is 1. The molecule has 0 fully saturated rings. The van der Waals surface area contributed by atoms with E-state index in [-0.39, 0.29) is 5.91 Å². The highest BCUT2D eigenvalue weighted by Gasteiger charge is 2.27. The number of carbonyl (C=O) groups excluding carboxylic acids is 1. The molecule has 0 bridgehead atoms. The van der Waals surface area contributed by atoms with Gasteiger partial charge in [-0.2, -0.15) is 0 Å². The molecule has 1 aromatic rings. The monoisotopic (exact) mass is 294 g/mol. The molecular formula is C15H22N2O4. The van der Waals surface area contributed by atoms with Gasteiger partial charge in [-0.05, 0) is 39.5 Å². The van der Waals surface area contributed by atoms with Crippen molar-refractivity contribution in [3.05, 3.63) is 17.0 Å². The first-order valence-electron chi connectivity index (χ1n) is 7.41. The number of amides is 1. The van der Waals surface area contributed by atoms with Crippen LogP contribution in [0.25, 0.3) is 0 Å². The molecule has 0 radical (unpaired) electrons. The summed E-state index contributed by atoms with van der Waals surface area (Å²) >= 11 is 0. The van der Waals surface area contributed by atoms with Gasteiger partial charge in [0, 0.05) is 18.5 Å². The standard InChI is InChI=1S/C15H22N2O4/c1-15(2,14(19)20)8-9-16-13(18)12-10-6-4-3-5-7-11(10)21-17-12/h3-9H2,1-2H3,(H,16,18)(H,19,20). The largest absolute Gasteiger partial charge is 0.481 e. The van der Waals surface area contributed by atoms with Crippen molar-refractivity contribution in [3.63, 3.8) is 0 Å². The zero-order valence-electron chi connectivity index (χ0n) is 12.6. The number of nitrogens with zero attached hydrogens (tertiary/aromatic N) is 1. The van der Waals surface area contributed by atoms with Crippen LogP contribution in [-0.2, 0) is 17.6 Å². The number of hydrogen-bond donors (Lipinski definition) is 2. The summed E-state index contributed by atoms with van der Waals surface area (Å²) in [5.41, 5.74) is 0.427. The van der Waals surface area contributed by atoms with Crippen LogP contribution in [0.5, 0.6) is 0 Å². The normalized spacial score (nSPS) is 15.1. The molecule has 1 aliphatic carbocycles. The van der Waals surface area contributed by atoms with Crippen molar-refractivity contribution in [2.24, 2.45) is 5.41 Å². The quantitative estimate of drug-likeness (QED) is 0.812. The van der Waals surface area contributed by atoms with Crippen molar-refractivity contribution in [2.45, 2.75) is 52.4 Å². The van der Waals surface area contributed by atoms with Gasteiger partial charge in [-0.15, -0.1) is 0 Å². The third-order valence-electron chi connectivity index (χ3n) is 4.03. The Morgan fingerprint density at radius 2 is 2.00 bits per heavy atom. The Balaban J connectivity index is 1.95. The smallest absolute Gasteiger partial charge is 0.309 e. The van der Waals surface area contributed by atoms with Crippen molar-refractivity contribution >= 4 is 11.9 Å². The summed E-state index contributed by atoms with van der Waals surface area (Å²) in [4.78, 5) is 23.2. The average Bonchev–Trinajstić information content (AvgIpc) is 2.67. The summed E-state index contributed by atoms with van der Waals surface area (Å²) < 4.78 is 5.27. The Morgan fingerprint density at radius 1 is 1.29 bits per heavy atom. The molecule has 6 heteroatoms. The lowest BCUT2D eigenvalue weighted by Crippen LogP contribution is -2.32. The number of hydrogen-bond acceptors (Lipinski definition) is 4. The first-order valence-corrected chi connectivity index (χ1v) is 7.41. The van der Waals surface area contributed by atoms with Crippen LogP contribution in [0.15, 0.2) is 4.52 Å². The molecule has 2 N–H and O–H groups in total. The van der Waals surface area contributed by atoms with Crippen LogP contribution < -0.4 is 5.32 Å². The van der Waals surface area contributed by atoms with E-state index in [1.165, 1.54) is 0 Å². The molecule has 0 aromatic carbocycles. The molecular weight excluding hydrogens is 272 g/mol. The molecule has 21 heavy (non-hydrogen) atoms. The minimum Gasteiger partial charge on any atom is -0.481 e. The molecule has 0 aliphatic heterocycles. The van der Waals surface area contributed by atoms with Crippen LogP contribution in [0.2, 0.25) is 0 Å². The Hall–Kier alpha value is -1.85. The predicted octanol–water partition coefficient (Wildman–Crippen LogP) is 2.17. The molecule has 6 nitrogen and oxygen atoms in total. The van der Waals surface area contributed by atoms with Gasteiger partial charge in [0.25, 0.3) is 5.91 Å². The SMILES string of the molecule is CC(C)(CCNC(=O)c1noc2c1CCCCC2)C(=O)O. The molecule has 0 atom stereocenters. The molecule has 2 rings (SSSR count). The minimum absolute atomic E-state index is 0.275. The highest BCUT2D eigenvalue weighted by molar-refractivity contribution is 5.93. The van der Waals surface area contributed by atoms with Crippen LogP contribution in [-0.4, -0.2) is 28.7 Å². The third-order valence-corrected chi connectivity index (χ3v) is 4.03. The first-order chi connectivity index (χ1) is 9.92. The van der Waals surface area contributed by atoms with Gasteiger partial charge in [0.15, 0.2) is 5.69 Å². The number of aromatic nitrogens is 1. The van der Waals surface area contributed by atoms with Gasteiger partial charge in [-0.3, -0.25) is 9.59 Å². The van der Waals surface area contributed by atoms with E-state index in [2.05, 4.69) is 10.5 Å². The number of aryl methyl sites for hydroxylation is 1. The van der Waals surface area contributed by atoms with Crippen molar-refractivity contribution in [1.82, 2.24) is 10.5 Å². The van der Waals surface area contributed by atoms with Crippen molar-refractivity contribution in [2.75, 3.05) is 6.54 Å². The first kappa shape index (κ1) is 15.5. The Kier molecular flexibility index (Phi) is 4.65. The summed E-state index contributed by atoms with van der Waals surface area (Å²) in [7, 11) is 0. The molecule has 116 valence electrons. The van der Waals surface area contributed by atoms with Gasteiger partial charge in [0.2, 0.25) is 0 Å². The van der Waals surface area contributed by atoms with E-state index in [1.807, 2.05) is 0 Å². The number of nitrogens with one attached hydrogen (secondary N) is 1. The van der Waals surface area contributed by atoms with Gasteiger partial charge in [0.05, 0.1) is 5.41 Å². The number of carbonyl (C=O) groups is 2. The Morgan fingerprint density at radius 3 is 2.71 bits per heavy atom. The topological polar surface area (TPSA) is 92.4 Å². The van der Waals surface area contributed by atoms with Crippen LogP contribution in [0, 0.1) is 5.41 Å². The maximum absolute atomic E-state index is 12.2. The van der Waals surface area contributed by atoms with Gasteiger partial charge < -0.3 is 14.9 Å². The van der Waals surface area contributed by atoms with Crippen molar-refractivity contribution in [3.8, 4) is 0 Å². The predicted molar refractivity (Wildman–Crippen MR) is 76.1 cm³/mol. The highest BCUT2D eigenvalue weighted by atomic mass is 16.5. The fourth-order valence-corrected chi connectivity index (χ4v) is 2.42. The number of carboxylic acid groups (broad SMARTS) is 1. The Labute approximate surface area is 123 Å². The number of rotatable bonds is 5. The third kappa shape index (κ3) is 3.62. The molecule has 0 saturated carbocycles. The molecule has 1 aromatic heterocycles. The zero-order valence-corrected chi connectivity index (χ0v) is 12.6. The molecule has 0 saturated heterocycles. The van der Waals surface area contributed by atoms with Crippen molar-refractivity contribution in [1.29, 1.82) is 0 Å². The van der Waals surface area contributed by atoms with E-state index in [0.29, 0.717) is 18.7 Å². The van der Waals surface area contributed by atoms with E-state index in [1.54, 1.807) is 13.8 Å². The van der Waals surface area contributed by atoms with E-state index in [9.17, 15) is 9.59 Å². The maximum Gasteiger partial charge on any atom is 0.309 e. The summed E-state index contributed by atoms with van der Waals surface area (Å²) in [6, 6.07) is 0. The van der Waals surface area contributed by atoms with Crippen LogP contribution in [0.4, 0.5) is 0 Å². The summed E-state index contributed by atoms with van der Waals surface area (Å²) in [5, 5.41) is 15.7. The second-order valence-electron chi connectivity index (χ2n) is 6.19. The second kappa shape index (κ2) is 6.28. The molecule has 0 spiro atoms. The lowest BCUT2D eigenvalue weighted by Gasteiger charge is -2.18. The summed E-state index contributed by atoms with van der Waals surface area (Å²) in [6.45, 7) is 3.59. The van der Waals surface area contributed by atoms with Crippen LogP contribution in [0.1, 0.15) is 61.3 Å². The van der Waals surface area contributed by atoms with E-state index >= 15 is 0 Å². The summed E-state index contributed by atoms with van der Waals surface area (Å²) in [6.07, 6.45) is 5.27. The fourth-order valence-electron chi connectivity index (χ4n) is 2.42. The second-order valence-corrected chi connectivity index (χ2v) is 6.19. The molecule has 0 unspecified atom stereocenters. The van der Waals surface area contributed by atoms with E-state index in [4.69, 9.17) is 9.63 Å². The van der Waals surface area contributed by atoms with E-state index in [0.717, 1.165) is 43.4 Å².